The molecule has 0 spiro atoms. The molecular formula is C21H50N3Sn-. The maximum Gasteiger partial charge on any atom is -1.00 e. The second-order valence-corrected chi connectivity index (χ2v) is 17.3. The molecule has 0 rings (SSSR count). The maximum atomic E-state index is 2.61. The Morgan fingerprint density at radius 3 is 0.920 bits per heavy atom. The molecule has 0 fully saturated rings. The van der Waals surface area contributed by atoms with Crippen LogP contribution >= 0.6 is 0 Å². The molecule has 0 aliphatic heterocycles. The summed E-state index contributed by atoms with van der Waals surface area (Å²) < 4.78 is 4.90. The quantitative estimate of drug-likeness (QED) is 0.277. The van der Waals surface area contributed by atoms with E-state index in [0.29, 0.717) is 0 Å². The first-order valence-corrected chi connectivity index (χ1v) is 18.3. The summed E-state index contributed by atoms with van der Waals surface area (Å²) in [5, 5.41) is 0. The van der Waals surface area contributed by atoms with E-state index in [4.69, 9.17) is 0 Å². The van der Waals surface area contributed by atoms with E-state index < -0.39 is 19.8 Å². The van der Waals surface area contributed by atoms with Gasteiger partial charge in [0.1, 0.15) is 0 Å². The van der Waals surface area contributed by atoms with Gasteiger partial charge in [-0.05, 0) is 0 Å². The molecule has 25 heavy (non-hydrogen) atoms. The fraction of sp³-hybridized carbons (Fsp3) is 1.00. The van der Waals surface area contributed by atoms with Crippen molar-refractivity contribution in [3.05, 3.63) is 0 Å². The van der Waals surface area contributed by atoms with Gasteiger partial charge in [-0.15, -0.1) is 0 Å². The Morgan fingerprint density at radius 1 is 0.480 bits per heavy atom. The van der Waals surface area contributed by atoms with Gasteiger partial charge in [-0.25, -0.2) is 0 Å². The van der Waals surface area contributed by atoms with Gasteiger partial charge in [-0.1, -0.05) is 0 Å². The van der Waals surface area contributed by atoms with E-state index in [2.05, 4.69) is 56.2 Å². The first-order valence-electron chi connectivity index (χ1n) is 11.3. The molecule has 0 aliphatic carbocycles. The van der Waals surface area contributed by atoms with Crippen LogP contribution in [-0.2, 0) is 0 Å². The van der Waals surface area contributed by atoms with Crippen LogP contribution in [0.4, 0.5) is 0 Å². The monoisotopic (exact) mass is 464 g/mol. The van der Waals surface area contributed by atoms with Gasteiger partial charge in [0.25, 0.3) is 0 Å². The van der Waals surface area contributed by atoms with Crippen molar-refractivity contribution in [3.63, 3.8) is 0 Å². The van der Waals surface area contributed by atoms with Crippen molar-refractivity contribution in [1.29, 1.82) is 0 Å². The van der Waals surface area contributed by atoms with Crippen LogP contribution < -0.4 is 0 Å². The second-order valence-electron chi connectivity index (χ2n) is 7.37. The van der Waals surface area contributed by atoms with Gasteiger partial charge >= 0.3 is 167 Å². The first-order chi connectivity index (χ1) is 12.1. The van der Waals surface area contributed by atoms with Crippen molar-refractivity contribution in [2.45, 2.75) is 74.1 Å². The van der Waals surface area contributed by atoms with E-state index in [1.54, 1.807) is 13.3 Å². The van der Waals surface area contributed by atoms with Crippen LogP contribution in [0.1, 0.15) is 62.2 Å². The van der Waals surface area contributed by atoms with Gasteiger partial charge in [0.15, 0.2) is 0 Å². The number of rotatable bonds is 18. The molecule has 0 heterocycles. The minimum atomic E-state index is -1.32. The smallest absolute Gasteiger partial charge is 1.00 e. The van der Waals surface area contributed by atoms with E-state index in [1.165, 1.54) is 78.2 Å². The van der Waals surface area contributed by atoms with E-state index in [1.807, 2.05) is 0 Å². The molecule has 0 radical (unpaired) electrons. The summed E-state index contributed by atoms with van der Waals surface area (Å²) in [6.07, 6.45) is 4.41. The van der Waals surface area contributed by atoms with Gasteiger partial charge in [0.2, 0.25) is 0 Å². The standard InChI is InChI=1S/3C7H16N.Sn.2H/c3*1-4-7-8(5-2)6-3;;;/h3*1,4-7H2,2-3H3;;;/q;;;;;-1. The Kier molecular flexibility index (Phi) is 18.6. The molecule has 0 aromatic carbocycles. The number of hydrogen-bond donors (Lipinski definition) is 0. The maximum absolute atomic E-state index is 2.61. The van der Waals surface area contributed by atoms with Crippen LogP contribution in [0.3, 0.4) is 0 Å². The average molecular weight is 463 g/mol. The van der Waals surface area contributed by atoms with Crippen LogP contribution in [0.15, 0.2) is 0 Å². The summed E-state index contributed by atoms with van der Waals surface area (Å²) in [5.74, 6) is 0. The predicted octanol–water partition coefficient (Wildman–Crippen LogP) is 4.52. The number of hydrogen-bond acceptors (Lipinski definition) is 3. The molecule has 0 amide bonds. The summed E-state index contributed by atoms with van der Waals surface area (Å²) in [4.78, 5) is 7.82. The third-order valence-electron chi connectivity index (χ3n) is 5.94. The SMILES string of the molecule is CCN(CC)CC[CH2][SnH]([CH2]CCN(CC)CC)[CH2]CCN(CC)CC.[H-]. The molecule has 154 valence electrons. The van der Waals surface area contributed by atoms with Crippen molar-refractivity contribution in [2.24, 2.45) is 0 Å². The second kappa shape index (κ2) is 18.1. The van der Waals surface area contributed by atoms with Crippen molar-refractivity contribution < 1.29 is 1.43 Å². The van der Waals surface area contributed by atoms with Crippen molar-refractivity contribution in [2.75, 3.05) is 58.9 Å². The zero-order chi connectivity index (χ0) is 18.9. The molecule has 0 unspecified atom stereocenters. The summed E-state index contributed by atoms with van der Waals surface area (Å²) in [6, 6.07) is 0. The zero-order valence-electron chi connectivity index (χ0n) is 19.5. The molecule has 0 atom stereocenters. The Labute approximate surface area is 168 Å². The molecule has 4 heteroatoms. The Bertz CT molecular complexity index is 227. The van der Waals surface area contributed by atoms with Gasteiger partial charge in [0, 0.05) is 0 Å². The number of nitrogens with zero attached hydrogens (tertiary/aromatic N) is 3. The van der Waals surface area contributed by atoms with Gasteiger partial charge < -0.3 is 1.43 Å². The van der Waals surface area contributed by atoms with Crippen LogP contribution in [0.25, 0.3) is 0 Å². The summed E-state index contributed by atoms with van der Waals surface area (Å²) in [6.45, 7) is 25.2. The van der Waals surface area contributed by atoms with E-state index in [9.17, 15) is 0 Å². The fourth-order valence-corrected chi connectivity index (χ4v) is 12.8. The van der Waals surface area contributed by atoms with Crippen LogP contribution in [-0.4, -0.2) is 93.4 Å². The van der Waals surface area contributed by atoms with Gasteiger partial charge in [-0.2, -0.15) is 0 Å². The third-order valence-corrected chi connectivity index (χ3v) is 16.4. The van der Waals surface area contributed by atoms with Crippen LogP contribution in [0.5, 0.6) is 0 Å². The minimum Gasteiger partial charge on any atom is -1.00 e. The van der Waals surface area contributed by atoms with E-state index in [-0.39, 0.29) is 1.43 Å². The molecule has 0 saturated heterocycles. The summed E-state index contributed by atoms with van der Waals surface area (Å²) in [5.41, 5.74) is 0. The predicted molar refractivity (Wildman–Crippen MR) is 120 cm³/mol. The average Bonchev–Trinajstić information content (AvgIpc) is 2.65. The normalized spacial score (nSPS) is 12.2. The first kappa shape index (κ1) is 25.7. The zero-order valence-corrected chi connectivity index (χ0v) is 21.8. The fourth-order valence-electron chi connectivity index (χ4n) is 3.86. The van der Waals surface area contributed by atoms with Gasteiger partial charge in [0.05, 0.1) is 0 Å². The Morgan fingerprint density at radius 2 is 0.720 bits per heavy atom. The Hall–Kier alpha value is 0.679. The molecule has 0 saturated carbocycles. The summed E-state index contributed by atoms with van der Waals surface area (Å²) >= 11 is -1.32. The molecule has 0 aromatic heterocycles. The van der Waals surface area contributed by atoms with Crippen molar-refractivity contribution in [1.82, 2.24) is 14.7 Å². The Balaban J connectivity index is 0. The van der Waals surface area contributed by atoms with Crippen molar-refractivity contribution in [3.8, 4) is 0 Å². The largest absolute Gasteiger partial charge is 1.00 e. The van der Waals surface area contributed by atoms with Crippen LogP contribution in [0, 0.1) is 0 Å². The molecule has 3 nitrogen and oxygen atoms in total. The van der Waals surface area contributed by atoms with Crippen LogP contribution in [0.2, 0.25) is 13.3 Å². The van der Waals surface area contributed by atoms with E-state index >= 15 is 0 Å². The van der Waals surface area contributed by atoms with E-state index in [0.717, 1.165) is 0 Å². The van der Waals surface area contributed by atoms with Gasteiger partial charge in [-0.3, -0.25) is 0 Å². The summed E-state index contributed by atoms with van der Waals surface area (Å²) in [7, 11) is 0. The van der Waals surface area contributed by atoms with Crippen molar-refractivity contribution >= 4 is 19.8 Å². The molecule has 0 aromatic rings. The third kappa shape index (κ3) is 13.5. The molecule has 0 bridgehead atoms. The topological polar surface area (TPSA) is 9.72 Å². The minimum absolute atomic E-state index is 0. The molecule has 0 aliphatic rings. The molecular weight excluding hydrogens is 413 g/mol. The molecule has 0 N–H and O–H groups in total.